The zero-order chi connectivity index (χ0) is 23.4. The summed E-state index contributed by atoms with van der Waals surface area (Å²) in [5.74, 6) is -2.22. The van der Waals surface area contributed by atoms with Crippen molar-refractivity contribution in [3.63, 3.8) is 0 Å². The molecule has 31 heavy (non-hydrogen) atoms. The zero-order valence-electron chi connectivity index (χ0n) is 19.4. The van der Waals surface area contributed by atoms with E-state index in [2.05, 4.69) is 11.7 Å². The smallest absolute Gasteiger partial charge is 0.460 e. The van der Waals surface area contributed by atoms with Gasteiger partial charge in [0.1, 0.15) is 0 Å². The molecule has 0 aromatic heterocycles. The highest BCUT2D eigenvalue weighted by Crippen LogP contribution is 2.22. The molecule has 0 fully saturated rings. The van der Waals surface area contributed by atoms with Gasteiger partial charge in [-0.05, 0) is 6.42 Å². The Morgan fingerprint density at radius 3 is 1.26 bits per heavy atom. The number of alkyl halides is 2. The van der Waals surface area contributed by atoms with Crippen molar-refractivity contribution in [3.05, 3.63) is 0 Å². The topological polar surface area (TPSA) is 80.7 Å². The molecule has 0 aliphatic heterocycles. The van der Waals surface area contributed by atoms with Crippen molar-refractivity contribution in [3.8, 4) is 0 Å². The van der Waals surface area contributed by atoms with Crippen molar-refractivity contribution in [1.29, 1.82) is 0 Å². The molecule has 0 spiro atoms. The maximum absolute atomic E-state index is 13.0. The number of rotatable bonds is 22. The normalized spacial score (nSPS) is 12.3. The van der Waals surface area contributed by atoms with Crippen molar-refractivity contribution >= 4 is 16.1 Å². The molecule has 186 valence electrons. The zero-order valence-corrected chi connectivity index (χ0v) is 20.2. The summed E-state index contributed by atoms with van der Waals surface area (Å²) in [6.45, 7) is 1.98. The molecule has 0 aliphatic rings. The van der Waals surface area contributed by atoms with E-state index in [4.69, 9.17) is 4.55 Å². The van der Waals surface area contributed by atoms with Gasteiger partial charge in [-0.15, -0.1) is 0 Å². The Morgan fingerprint density at radius 1 is 0.677 bits per heavy atom. The van der Waals surface area contributed by atoms with Crippen molar-refractivity contribution in [2.45, 2.75) is 134 Å². The van der Waals surface area contributed by atoms with Gasteiger partial charge in [0.15, 0.2) is 0 Å². The lowest BCUT2D eigenvalue weighted by molar-refractivity contribution is -0.161. The predicted molar refractivity (Wildman–Crippen MR) is 121 cm³/mol. The Hall–Kier alpha value is -0.760. The lowest BCUT2D eigenvalue weighted by atomic mass is 10.0. The third-order valence-corrected chi connectivity index (χ3v) is 6.36. The number of ether oxygens (including phenoxy) is 1. The molecule has 5 nitrogen and oxygen atoms in total. The van der Waals surface area contributed by atoms with Crippen LogP contribution in [0.1, 0.15) is 129 Å². The Morgan fingerprint density at radius 2 is 0.968 bits per heavy atom. The highest BCUT2D eigenvalue weighted by Gasteiger charge is 2.54. The lowest BCUT2D eigenvalue weighted by Gasteiger charge is -2.11. The molecule has 0 radical (unpaired) electrons. The van der Waals surface area contributed by atoms with Gasteiger partial charge < -0.3 is 4.74 Å². The SMILES string of the molecule is CCCCCCCCCCCCCCCCCCCCCOC(=O)C(F)(F)S(=O)(=O)O. The van der Waals surface area contributed by atoms with E-state index in [1.165, 1.54) is 89.9 Å². The summed E-state index contributed by atoms with van der Waals surface area (Å²) in [7, 11) is -5.79. The monoisotopic (exact) mass is 470 g/mol. The molecule has 0 saturated carbocycles. The van der Waals surface area contributed by atoms with Crippen LogP contribution in [0.25, 0.3) is 0 Å². The minimum absolute atomic E-state index is 0.275. The molecule has 0 amide bonds. The van der Waals surface area contributed by atoms with Gasteiger partial charge in [0.2, 0.25) is 0 Å². The molecular formula is C23H44F2O5S. The maximum atomic E-state index is 13.0. The first-order chi connectivity index (χ1) is 14.7. The van der Waals surface area contributed by atoms with E-state index in [9.17, 15) is 22.0 Å². The van der Waals surface area contributed by atoms with E-state index in [0.29, 0.717) is 6.42 Å². The van der Waals surface area contributed by atoms with E-state index in [0.717, 1.165) is 25.7 Å². The van der Waals surface area contributed by atoms with Gasteiger partial charge in [-0.2, -0.15) is 17.2 Å². The summed E-state index contributed by atoms with van der Waals surface area (Å²) < 4.78 is 59.3. The van der Waals surface area contributed by atoms with Crippen LogP contribution >= 0.6 is 0 Å². The molecule has 0 unspecified atom stereocenters. The average molecular weight is 471 g/mol. The summed E-state index contributed by atoms with van der Waals surface area (Å²) in [5.41, 5.74) is 0. The van der Waals surface area contributed by atoms with Crippen LogP contribution in [-0.4, -0.2) is 30.8 Å². The summed E-state index contributed by atoms with van der Waals surface area (Å²) in [4.78, 5) is 11.0. The van der Waals surface area contributed by atoms with E-state index < -0.39 is 21.3 Å². The van der Waals surface area contributed by atoms with Crippen LogP contribution in [0.2, 0.25) is 0 Å². The van der Waals surface area contributed by atoms with Crippen molar-refractivity contribution < 1.29 is 31.3 Å². The number of carbonyl (C=O) groups is 1. The van der Waals surface area contributed by atoms with Gasteiger partial charge in [0.05, 0.1) is 6.61 Å². The standard InChI is InChI=1S/C23H44F2O5S/c1-2-3-4-5-6-7-8-9-10-11-12-13-14-15-16-17-18-19-20-21-30-22(26)23(24,25)31(27,28)29/h2-21H2,1H3,(H,27,28,29). The number of hydrogen-bond donors (Lipinski definition) is 1. The van der Waals surface area contributed by atoms with E-state index in [1.54, 1.807) is 0 Å². The number of esters is 1. The fraction of sp³-hybridized carbons (Fsp3) is 0.957. The number of unbranched alkanes of at least 4 members (excludes halogenated alkanes) is 18. The van der Waals surface area contributed by atoms with Gasteiger partial charge >= 0.3 is 21.3 Å². The minimum Gasteiger partial charge on any atom is -0.460 e. The molecular weight excluding hydrogens is 426 g/mol. The first-order valence-corrected chi connectivity index (χ1v) is 13.7. The van der Waals surface area contributed by atoms with E-state index in [-0.39, 0.29) is 6.61 Å². The number of hydrogen-bond acceptors (Lipinski definition) is 4. The molecule has 8 heteroatoms. The largest absolute Gasteiger partial charge is 0.465 e. The number of halogens is 2. The fourth-order valence-corrected chi connectivity index (χ4v) is 3.80. The first kappa shape index (κ1) is 30.2. The van der Waals surface area contributed by atoms with Gasteiger partial charge in [0, 0.05) is 0 Å². The molecule has 0 aromatic rings. The molecule has 0 aromatic carbocycles. The summed E-state index contributed by atoms with van der Waals surface area (Å²) in [6, 6.07) is 0. The molecule has 0 saturated heterocycles. The van der Waals surface area contributed by atoms with E-state index in [1.807, 2.05) is 0 Å². The first-order valence-electron chi connectivity index (χ1n) is 12.3. The van der Waals surface area contributed by atoms with Crippen LogP contribution in [0.15, 0.2) is 0 Å². The highest BCUT2D eigenvalue weighted by molar-refractivity contribution is 7.87. The van der Waals surface area contributed by atoms with Gasteiger partial charge in [-0.1, -0.05) is 122 Å². The van der Waals surface area contributed by atoms with Gasteiger partial charge in [-0.3, -0.25) is 4.55 Å². The number of carbonyl (C=O) groups excluding carboxylic acids is 1. The lowest BCUT2D eigenvalue weighted by Crippen LogP contribution is -2.39. The molecule has 0 heterocycles. The van der Waals surface area contributed by atoms with Crippen LogP contribution in [0.3, 0.4) is 0 Å². The molecule has 0 atom stereocenters. The molecule has 1 N–H and O–H groups in total. The maximum Gasteiger partial charge on any atom is 0.465 e. The second kappa shape index (κ2) is 18.8. The third-order valence-electron chi connectivity index (χ3n) is 5.54. The van der Waals surface area contributed by atoms with Crippen molar-refractivity contribution in [2.24, 2.45) is 0 Å². The van der Waals surface area contributed by atoms with Crippen LogP contribution in [0, 0.1) is 0 Å². The summed E-state index contributed by atoms with van der Waals surface area (Å²) >= 11 is 0. The average Bonchev–Trinajstić information content (AvgIpc) is 2.71. The Kier molecular flexibility index (Phi) is 18.3. The predicted octanol–water partition coefficient (Wildman–Crippen LogP) is 7.44. The van der Waals surface area contributed by atoms with E-state index >= 15 is 0 Å². The van der Waals surface area contributed by atoms with Crippen molar-refractivity contribution in [2.75, 3.05) is 6.61 Å². The Bertz CT molecular complexity index is 538. The Labute approximate surface area is 188 Å². The quantitative estimate of drug-likeness (QED) is 0.101. The van der Waals surface area contributed by atoms with Crippen LogP contribution in [0.5, 0.6) is 0 Å². The van der Waals surface area contributed by atoms with Crippen LogP contribution in [-0.2, 0) is 19.6 Å². The second-order valence-electron chi connectivity index (χ2n) is 8.49. The van der Waals surface area contributed by atoms with Crippen molar-refractivity contribution in [1.82, 2.24) is 0 Å². The molecule has 0 aliphatic carbocycles. The van der Waals surface area contributed by atoms with Crippen LogP contribution < -0.4 is 0 Å². The van der Waals surface area contributed by atoms with Crippen LogP contribution in [0.4, 0.5) is 8.78 Å². The summed E-state index contributed by atoms with van der Waals surface area (Å²) in [6.07, 6.45) is 23.0. The molecule has 0 rings (SSSR count). The molecule has 0 bridgehead atoms. The van der Waals surface area contributed by atoms with Gasteiger partial charge in [0.25, 0.3) is 0 Å². The highest BCUT2D eigenvalue weighted by atomic mass is 32.2. The fourth-order valence-electron chi connectivity index (χ4n) is 3.53. The van der Waals surface area contributed by atoms with Gasteiger partial charge in [-0.25, -0.2) is 4.79 Å². The second-order valence-corrected chi connectivity index (χ2v) is 9.95. The third kappa shape index (κ3) is 16.5. The summed E-state index contributed by atoms with van der Waals surface area (Å²) in [5, 5.41) is -4.90. The Balaban J connectivity index is 3.30. The minimum atomic E-state index is -5.79.